The maximum atomic E-state index is 10.8. The molecule has 0 radical (unpaired) electrons. The average molecular weight is 194 g/mol. The van der Waals surface area contributed by atoms with Crippen LogP contribution in [0.15, 0.2) is 23.5 Å². The monoisotopic (exact) mass is 194 g/mol. The number of hydrogen-bond donors (Lipinski definition) is 0. The van der Waals surface area contributed by atoms with Crippen LogP contribution in [0.2, 0.25) is 0 Å². The van der Waals surface area contributed by atoms with Gasteiger partial charge in [0.1, 0.15) is 5.76 Å². The quantitative estimate of drug-likeness (QED) is 0.631. The van der Waals surface area contributed by atoms with Crippen molar-refractivity contribution in [2.24, 2.45) is 11.8 Å². The van der Waals surface area contributed by atoms with E-state index in [-0.39, 0.29) is 5.97 Å². The molecule has 0 heterocycles. The van der Waals surface area contributed by atoms with Crippen LogP contribution in [0.25, 0.3) is 0 Å². The van der Waals surface area contributed by atoms with Crippen molar-refractivity contribution in [3.05, 3.63) is 23.5 Å². The van der Waals surface area contributed by atoms with Crippen LogP contribution in [-0.2, 0) is 9.53 Å². The third kappa shape index (κ3) is 2.72. The third-order valence-corrected chi connectivity index (χ3v) is 2.56. The van der Waals surface area contributed by atoms with Crippen molar-refractivity contribution in [1.82, 2.24) is 0 Å². The molecule has 0 N–H and O–H groups in total. The number of carbonyl (C=O) groups is 1. The molecule has 1 aliphatic carbocycles. The highest BCUT2D eigenvalue weighted by atomic mass is 16.5. The first-order chi connectivity index (χ1) is 6.50. The van der Waals surface area contributed by atoms with E-state index >= 15 is 0 Å². The Morgan fingerprint density at radius 3 is 2.71 bits per heavy atom. The van der Waals surface area contributed by atoms with Crippen molar-refractivity contribution in [3.8, 4) is 0 Å². The molecule has 0 fully saturated rings. The van der Waals surface area contributed by atoms with E-state index in [2.05, 4.69) is 26.0 Å². The van der Waals surface area contributed by atoms with Crippen molar-refractivity contribution < 1.29 is 9.53 Å². The summed E-state index contributed by atoms with van der Waals surface area (Å²) in [7, 11) is 0. The van der Waals surface area contributed by atoms with Crippen molar-refractivity contribution in [2.75, 3.05) is 0 Å². The number of hydrogen-bond acceptors (Lipinski definition) is 2. The van der Waals surface area contributed by atoms with Gasteiger partial charge in [-0.15, -0.1) is 0 Å². The minimum atomic E-state index is -0.242. The van der Waals surface area contributed by atoms with Crippen LogP contribution in [-0.4, -0.2) is 5.97 Å². The molecule has 0 aliphatic heterocycles. The van der Waals surface area contributed by atoms with Gasteiger partial charge in [-0.1, -0.05) is 19.9 Å². The molecule has 1 aliphatic rings. The maximum absolute atomic E-state index is 10.8. The van der Waals surface area contributed by atoms with Gasteiger partial charge < -0.3 is 4.74 Å². The Labute approximate surface area is 85.6 Å². The molecule has 1 atom stereocenters. The van der Waals surface area contributed by atoms with E-state index in [4.69, 9.17) is 4.74 Å². The van der Waals surface area contributed by atoms with Crippen LogP contribution in [0.4, 0.5) is 0 Å². The lowest BCUT2D eigenvalue weighted by Crippen LogP contribution is -2.12. The maximum Gasteiger partial charge on any atom is 0.308 e. The molecule has 14 heavy (non-hydrogen) atoms. The molecule has 0 spiro atoms. The molecule has 0 bridgehead atoms. The van der Waals surface area contributed by atoms with Gasteiger partial charge in [0.2, 0.25) is 0 Å². The number of esters is 1. The molecular formula is C12H18O2. The average Bonchev–Trinajstić information content (AvgIpc) is 2.07. The van der Waals surface area contributed by atoms with Crippen LogP contribution in [0.3, 0.4) is 0 Å². The molecule has 0 aromatic carbocycles. The summed E-state index contributed by atoms with van der Waals surface area (Å²) >= 11 is 0. The predicted molar refractivity (Wildman–Crippen MR) is 56.6 cm³/mol. The Kier molecular flexibility index (Phi) is 3.50. The van der Waals surface area contributed by atoms with Gasteiger partial charge in [-0.3, -0.25) is 4.79 Å². The second-order valence-electron chi connectivity index (χ2n) is 4.16. The molecular weight excluding hydrogens is 176 g/mol. The van der Waals surface area contributed by atoms with Gasteiger partial charge in [-0.2, -0.15) is 0 Å². The zero-order valence-electron chi connectivity index (χ0n) is 9.33. The molecule has 0 aromatic heterocycles. The second kappa shape index (κ2) is 4.45. The third-order valence-electron chi connectivity index (χ3n) is 2.56. The fourth-order valence-electron chi connectivity index (χ4n) is 1.54. The molecule has 0 saturated heterocycles. The highest BCUT2D eigenvalue weighted by molar-refractivity contribution is 5.68. The Morgan fingerprint density at radius 2 is 2.21 bits per heavy atom. The first kappa shape index (κ1) is 11.0. The number of carbonyl (C=O) groups excluding carboxylic acids is 1. The molecule has 0 aromatic rings. The van der Waals surface area contributed by atoms with Crippen LogP contribution in [0, 0.1) is 11.8 Å². The summed E-state index contributed by atoms with van der Waals surface area (Å²) in [6.45, 7) is 7.78. The van der Waals surface area contributed by atoms with Gasteiger partial charge in [-0.05, 0) is 36.8 Å². The van der Waals surface area contributed by atoms with E-state index in [1.807, 2.05) is 6.92 Å². The van der Waals surface area contributed by atoms with E-state index in [1.165, 1.54) is 6.92 Å². The Balaban J connectivity index is 2.77. The van der Waals surface area contributed by atoms with Crippen LogP contribution < -0.4 is 0 Å². The normalized spacial score (nSPS) is 21.6. The molecule has 2 nitrogen and oxygen atoms in total. The smallest absolute Gasteiger partial charge is 0.308 e. The fraction of sp³-hybridized carbons (Fsp3) is 0.583. The van der Waals surface area contributed by atoms with Crippen molar-refractivity contribution in [3.63, 3.8) is 0 Å². The largest absolute Gasteiger partial charge is 0.427 e. The van der Waals surface area contributed by atoms with E-state index in [0.29, 0.717) is 11.8 Å². The predicted octanol–water partition coefficient (Wildman–Crippen LogP) is 3.06. The summed E-state index contributed by atoms with van der Waals surface area (Å²) in [6.07, 6.45) is 5.26. The van der Waals surface area contributed by atoms with Crippen molar-refractivity contribution in [2.45, 2.75) is 34.1 Å². The highest BCUT2D eigenvalue weighted by Crippen LogP contribution is 2.28. The van der Waals surface area contributed by atoms with Crippen LogP contribution in [0.1, 0.15) is 34.1 Å². The number of rotatable bonds is 2. The minimum absolute atomic E-state index is 0.242. The van der Waals surface area contributed by atoms with Crippen LogP contribution in [0.5, 0.6) is 0 Å². The Bertz CT molecular complexity index is 285. The lowest BCUT2D eigenvalue weighted by molar-refractivity contribution is -0.136. The minimum Gasteiger partial charge on any atom is -0.427 e. The first-order valence-corrected chi connectivity index (χ1v) is 5.08. The van der Waals surface area contributed by atoms with E-state index in [9.17, 15) is 4.79 Å². The van der Waals surface area contributed by atoms with Crippen molar-refractivity contribution >= 4 is 5.97 Å². The van der Waals surface area contributed by atoms with Gasteiger partial charge >= 0.3 is 5.97 Å². The van der Waals surface area contributed by atoms with E-state index in [1.54, 1.807) is 0 Å². The van der Waals surface area contributed by atoms with Gasteiger partial charge in [0.05, 0.1) is 0 Å². The summed E-state index contributed by atoms with van der Waals surface area (Å²) in [5.41, 5.74) is 1.07. The summed E-state index contributed by atoms with van der Waals surface area (Å²) in [5.74, 6) is 1.58. The molecule has 0 amide bonds. The van der Waals surface area contributed by atoms with E-state index < -0.39 is 0 Å². The fourth-order valence-corrected chi connectivity index (χ4v) is 1.54. The van der Waals surface area contributed by atoms with Gasteiger partial charge in [0.15, 0.2) is 0 Å². The van der Waals surface area contributed by atoms with Crippen molar-refractivity contribution in [1.29, 1.82) is 0 Å². The molecule has 0 saturated carbocycles. The molecule has 78 valence electrons. The van der Waals surface area contributed by atoms with Crippen LogP contribution >= 0.6 is 0 Å². The SMILES string of the molecule is CC(=O)OC1=CC(C(C)C)CC=C1C. The lowest BCUT2D eigenvalue weighted by atomic mass is 9.87. The van der Waals surface area contributed by atoms with Gasteiger partial charge in [0.25, 0.3) is 0 Å². The van der Waals surface area contributed by atoms with Gasteiger partial charge in [0, 0.05) is 6.92 Å². The topological polar surface area (TPSA) is 26.3 Å². The summed E-state index contributed by atoms with van der Waals surface area (Å²) in [4.78, 5) is 10.8. The lowest BCUT2D eigenvalue weighted by Gasteiger charge is -2.22. The molecule has 1 unspecified atom stereocenters. The first-order valence-electron chi connectivity index (χ1n) is 5.08. The molecule has 1 rings (SSSR count). The number of ether oxygens (including phenoxy) is 1. The number of allylic oxidation sites excluding steroid dienone is 3. The molecule has 2 heteroatoms. The Hall–Kier alpha value is -1.05. The standard InChI is InChI=1S/C12H18O2/c1-8(2)11-6-5-9(3)12(7-11)14-10(4)13/h5,7-8,11H,6H2,1-4H3. The Morgan fingerprint density at radius 1 is 1.57 bits per heavy atom. The summed E-state index contributed by atoms with van der Waals surface area (Å²) in [5, 5.41) is 0. The summed E-state index contributed by atoms with van der Waals surface area (Å²) < 4.78 is 5.14. The van der Waals surface area contributed by atoms with Gasteiger partial charge in [-0.25, -0.2) is 0 Å². The zero-order chi connectivity index (χ0) is 10.7. The van der Waals surface area contributed by atoms with E-state index in [0.717, 1.165) is 17.8 Å². The summed E-state index contributed by atoms with van der Waals surface area (Å²) in [6, 6.07) is 0. The second-order valence-corrected chi connectivity index (χ2v) is 4.16. The highest BCUT2D eigenvalue weighted by Gasteiger charge is 2.17. The zero-order valence-corrected chi connectivity index (χ0v) is 9.33.